The summed E-state index contributed by atoms with van der Waals surface area (Å²) in [5.74, 6) is 0.111. The van der Waals surface area contributed by atoms with E-state index in [1.807, 2.05) is 51.1 Å². The lowest BCUT2D eigenvalue weighted by atomic mass is 10.1. The maximum Gasteiger partial charge on any atom is 0.261 e. The SMILES string of the molecule is CC[C@@H](C)NC(=O)[C@H](CC)N(Cc1ccccc1)C(=O)COc1ccc(Cl)cc1Br. The molecule has 2 amide bonds. The van der Waals surface area contributed by atoms with Gasteiger partial charge < -0.3 is 15.0 Å². The average molecular weight is 496 g/mol. The zero-order chi connectivity index (χ0) is 22.1. The zero-order valence-electron chi connectivity index (χ0n) is 17.5. The lowest BCUT2D eigenvalue weighted by Gasteiger charge is -2.31. The summed E-state index contributed by atoms with van der Waals surface area (Å²) < 4.78 is 6.39. The number of carbonyl (C=O) groups excluding carboxylic acids is 2. The van der Waals surface area contributed by atoms with Crippen LogP contribution in [0.4, 0.5) is 0 Å². The highest BCUT2D eigenvalue weighted by Crippen LogP contribution is 2.28. The fraction of sp³-hybridized carbons (Fsp3) is 0.391. The molecule has 2 aromatic carbocycles. The van der Waals surface area contributed by atoms with E-state index in [9.17, 15) is 9.59 Å². The van der Waals surface area contributed by atoms with Crippen LogP contribution in [0.3, 0.4) is 0 Å². The van der Waals surface area contributed by atoms with E-state index in [0.29, 0.717) is 28.2 Å². The molecule has 0 spiro atoms. The number of nitrogens with one attached hydrogen (secondary N) is 1. The van der Waals surface area contributed by atoms with E-state index in [1.54, 1.807) is 23.1 Å². The number of nitrogens with zero attached hydrogens (tertiary/aromatic N) is 1. The zero-order valence-corrected chi connectivity index (χ0v) is 19.9. The smallest absolute Gasteiger partial charge is 0.261 e. The third-order valence-electron chi connectivity index (χ3n) is 4.83. The molecule has 0 fully saturated rings. The number of amides is 2. The van der Waals surface area contributed by atoms with Crippen molar-refractivity contribution in [2.45, 2.75) is 52.2 Å². The van der Waals surface area contributed by atoms with E-state index < -0.39 is 6.04 Å². The normalized spacial score (nSPS) is 12.7. The van der Waals surface area contributed by atoms with Gasteiger partial charge in [-0.05, 0) is 59.5 Å². The second-order valence-electron chi connectivity index (χ2n) is 7.11. The Balaban J connectivity index is 2.20. The Bertz CT molecular complexity index is 848. The predicted molar refractivity (Wildman–Crippen MR) is 124 cm³/mol. The molecule has 0 radical (unpaired) electrons. The highest BCUT2D eigenvalue weighted by molar-refractivity contribution is 9.10. The van der Waals surface area contributed by atoms with Crippen LogP contribution in [-0.4, -0.2) is 35.4 Å². The monoisotopic (exact) mass is 494 g/mol. The lowest BCUT2D eigenvalue weighted by Crippen LogP contribution is -2.51. The molecule has 0 unspecified atom stereocenters. The summed E-state index contributed by atoms with van der Waals surface area (Å²) >= 11 is 9.35. The molecule has 1 N–H and O–H groups in total. The number of benzene rings is 2. The molecule has 0 saturated carbocycles. The van der Waals surface area contributed by atoms with Crippen molar-refractivity contribution in [3.8, 4) is 5.75 Å². The van der Waals surface area contributed by atoms with Gasteiger partial charge in [-0.1, -0.05) is 55.8 Å². The molecule has 5 nitrogen and oxygen atoms in total. The van der Waals surface area contributed by atoms with Gasteiger partial charge in [-0.25, -0.2) is 0 Å². The Labute approximate surface area is 191 Å². The molecule has 0 aliphatic heterocycles. The highest BCUT2D eigenvalue weighted by Gasteiger charge is 2.29. The van der Waals surface area contributed by atoms with Gasteiger partial charge in [0.1, 0.15) is 11.8 Å². The van der Waals surface area contributed by atoms with Crippen LogP contribution in [0.2, 0.25) is 5.02 Å². The quantitative estimate of drug-likeness (QED) is 0.493. The van der Waals surface area contributed by atoms with Crippen LogP contribution in [0, 0.1) is 0 Å². The summed E-state index contributed by atoms with van der Waals surface area (Å²) in [4.78, 5) is 27.6. The van der Waals surface area contributed by atoms with Crippen LogP contribution >= 0.6 is 27.5 Å². The largest absolute Gasteiger partial charge is 0.483 e. The summed E-state index contributed by atoms with van der Waals surface area (Å²) in [6.45, 7) is 6.02. The van der Waals surface area contributed by atoms with Gasteiger partial charge in [0, 0.05) is 17.6 Å². The number of hydrogen-bond donors (Lipinski definition) is 1. The van der Waals surface area contributed by atoms with Gasteiger partial charge in [-0.15, -0.1) is 0 Å². The van der Waals surface area contributed by atoms with Gasteiger partial charge in [0.05, 0.1) is 4.47 Å². The Morgan fingerprint density at radius 3 is 2.43 bits per heavy atom. The minimum absolute atomic E-state index is 0.0431. The molecule has 2 aromatic rings. The molecule has 0 aliphatic rings. The summed E-state index contributed by atoms with van der Waals surface area (Å²) in [6, 6.07) is 14.2. The number of hydrogen-bond acceptors (Lipinski definition) is 3. The third kappa shape index (κ3) is 7.03. The van der Waals surface area contributed by atoms with Gasteiger partial charge >= 0.3 is 0 Å². The molecule has 2 rings (SSSR count). The Morgan fingerprint density at radius 1 is 1.13 bits per heavy atom. The van der Waals surface area contributed by atoms with E-state index in [1.165, 1.54) is 0 Å². The average Bonchev–Trinajstić information content (AvgIpc) is 2.73. The van der Waals surface area contributed by atoms with E-state index in [4.69, 9.17) is 16.3 Å². The van der Waals surface area contributed by atoms with Gasteiger partial charge in [0.15, 0.2) is 6.61 Å². The Hall–Kier alpha value is -2.05. The summed E-state index contributed by atoms with van der Waals surface area (Å²) in [6.07, 6.45) is 1.33. The molecule has 162 valence electrons. The van der Waals surface area contributed by atoms with Crippen molar-refractivity contribution >= 4 is 39.3 Å². The second kappa shape index (κ2) is 12.0. The fourth-order valence-electron chi connectivity index (χ4n) is 2.96. The maximum absolute atomic E-state index is 13.1. The number of ether oxygens (including phenoxy) is 1. The third-order valence-corrected chi connectivity index (χ3v) is 5.68. The Kier molecular flexibility index (Phi) is 9.66. The van der Waals surface area contributed by atoms with Crippen molar-refractivity contribution in [3.63, 3.8) is 0 Å². The molecule has 2 atom stereocenters. The molecule has 0 saturated heterocycles. The number of carbonyl (C=O) groups is 2. The number of rotatable bonds is 10. The van der Waals surface area contributed by atoms with Crippen molar-refractivity contribution in [2.24, 2.45) is 0 Å². The molecular formula is C23H28BrClN2O3. The van der Waals surface area contributed by atoms with Crippen molar-refractivity contribution in [1.29, 1.82) is 0 Å². The summed E-state index contributed by atoms with van der Waals surface area (Å²) in [5.41, 5.74) is 0.952. The molecule has 0 bridgehead atoms. The van der Waals surface area contributed by atoms with Crippen LogP contribution < -0.4 is 10.1 Å². The lowest BCUT2D eigenvalue weighted by molar-refractivity contribution is -0.143. The first kappa shape index (κ1) is 24.2. The first-order chi connectivity index (χ1) is 14.3. The highest BCUT2D eigenvalue weighted by atomic mass is 79.9. The van der Waals surface area contributed by atoms with Crippen molar-refractivity contribution in [2.75, 3.05) is 6.61 Å². The van der Waals surface area contributed by atoms with Crippen LogP contribution in [0.15, 0.2) is 53.0 Å². The second-order valence-corrected chi connectivity index (χ2v) is 8.40. The first-order valence-corrected chi connectivity index (χ1v) is 11.2. The summed E-state index contributed by atoms with van der Waals surface area (Å²) in [5, 5.41) is 3.56. The van der Waals surface area contributed by atoms with Gasteiger partial charge in [0.25, 0.3) is 5.91 Å². The Morgan fingerprint density at radius 2 is 1.83 bits per heavy atom. The standard InChI is InChI=1S/C23H28BrClN2O3/c1-4-16(3)26-23(29)20(5-2)27(14-17-9-7-6-8-10-17)22(28)15-30-21-12-11-18(25)13-19(21)24/h6-13,16,20H,4-5,14-15H2,1-3H3,(H,26,29)/t16-,20+/m1/s1. The van der Waals surface area contributed by atoms with E-state index in [0.717, 1.165) is 12.0 Å². The molecule has 0 heterocycles. The molecule has 30 heavy (non-hydrogen) atoms. The van der Waals surface area contributed by atoms with Gasteiger partial charge in [-0.3, -0.25) is 9.59 Å². The van der Waals surface area contributed by atoms with Gasteiger partial charge in [-0.2, -0.15) is 0 Å². The fourth-order valence-corrected chi connectivity index (χ4v) is 3.75. The number of halogens is 2. The van der Waals surface area contributed by atoms with E-state index in [2.05, 4.69) is 21.2 Å². The minimum Gasteiger partial charge on any atom is -0.483 e. The van der Waals surface area contributed by atoms with Crippen LogP contribution in [0.5, 0.6) is 5.75 Å². The molecule has 0 aliphatic carbocycles. The van der Waals surface area contributed by atoms with Crippen LogP contribution in [0.25, 0.3) is 0 Å². The van der Waals surface area contributed by atoms with Crippen molar-refractivity contribution in [1.82, 2.24) is 10.2 Å². The van der Waals surface area contributed by atoms with Crippen LogP contribution in [-0.2, 0) is 16.1 Å². The molecule has 7 heteroatoms. The maximum atomic E-state index is 13.1. The molecular weight excluding hydrogens is 468 g/mol. The van der Waals surface area contributed by atoms with Crippen molar-refractivity contribution < 1.29 is 14.3 Å². The topological polar surface area (TPSA) is 58.6 Å². The molecule has 0 aromatic heterocycles. The van der Waals surface area contributed by atoms with E-state index >= 15 is 0 Å². The first-order valence-electron chi connectivity index (χ1n) is 10.1. The van der Waals surface area contributed by atoms with Crippen LogP contribution in [0.1, 0.15) is 39.2 Å². The van der Waals surface area contributed by atoms with Gasteiger partial charge in [0.2, 0.25) is 5.91 Å². The summed E-state index contributed by atoms with van der Waals surface area (Å²) in [7, 11) is 0. The minimum atomic E-state index is -0.580. The van der Waals surface area contributed by atoms with Crippen molar-refractivity contribution in [3.05, 3.63) is 63.6 Å². The van der Waals surface area contributed by atoms with E-state index in [-0.39, 0.29) is 24.5 Å². The predicted octanol–water partition coefficient (Wildman–Crippen LogP) is 5.20.